The summed E-state index contributed by atoms with van der Waals surface area (Å²) in [7, 11) is 0. The molecule has 1 aliphatic carbocycles. The number of carboxylic acid groups (broad SMARTS) is 1. The molecule has 3 nitrogen and oxygen atoms in total. The van der Waals surface area contributed by atoms with Crippen molar-refractivity contribution in [2.24, 2.45) is 0 Å². The first kappa shape index (κ1) is 12.8. The van der Waals surface area contributed by atoms with E-state index in [0.717, 1.165) is 24.0 Å². The van der Waals surface area contributed by atoms with Crippen LogP contribution in [0.1, 0.15) is 69.9 Å². The second-order valence-electron chi connectivity index (χ2n) is 5.00. The molecule has 0 spiro atoms. The van der Waals surface area contributed by atoms with E-state index in [1.165, 1.54) is 19.3 Å². The Morgan fingerprint density at radius 3 is 2.50 bits per heavy atom. The molecular formula is C15H18O3. The summed E-state index contributed by atoms with van der Waals surface area (Å²) in [5, 5.41) is 9.06. The van der Waals surface area contributed by atoms with Gasteiger partial charge in [-0.2, -0.15) is 0 Å². The van der Waals surface area contributed by atoms with Gasteiger partial charge in [-0.25, -0.2) is 4.79 Å². The molecule has 1 fully saturated rings. The van der Waals surface area contributed by atoms with Crippen molar-refractivity contribution in [1.29, 1.82) is 0 Å². The zero-order valence-corrected chi connectivity index (χ0v) is 10.6. The predicted octanol–water partition coefficient (Wildman–Crippen LogP) is 3.55. The van der Waals surface area contributed by atoms with Crippen molar-refractivity contribution in [3.63, 3.8) is 0 Å². The quantitative estimate of drug-likeness (QED) is 0.830. The van der Waals surface area contributed by atoms with Gasteiger partial charge in [0.15, 0.2) is 6.29 Å². The van der Waals surface area contributed by atoms with Gasteiger partial charge in [0.25, 0.3) is 0 Å². The molecule has 0 heterocycles. The minimum Gasteiger partial charge on any atom is -0.478 e. The van der Waals surface area contributed by atoms with Crippen LogP contribution in [0.25, 0.3) is 0 Å². The lowest BCUT2D eigenvalue weighted by Gasteiger charge is -2.24. The molecule has 0 bridgehead atoms. The number of benzene rings is 1. The standard InChI is InChI=1S/C15H18O3/c1-10-12(11-5-3-2-4-6-11)7-8-13(15(17)18)14(10)9-16/h7-9,11H,2-6H2,1H3,(H,17,18). The van der Waals surface area contributed by atoms with Crippen LogP contribution in [0.5, 0.6) is 0 Å². The van der Waals surface area contributed by atoms with Crippen molar-refractivity contribution in [3.05, 3.63) is 34.4 Å². The minimum absolute atomic E-state index is 0.113. The van der Waals surface area contributed by atoms with Crippen LogP contribution in [-0.4, -0.2) is 17.4 Å². The molecule has 0 aromatic heterocycles. The van der Waals surface area contributed by atoms with Crippen molar-refractivity contribution in [3.8, 4) is 0 Å². The van der Waals surface area contributed by atoms with Crippen LogP contribution in [0.3, 0.4) is 0 Å². The molecule has 1 saturated carbocycles. The maximum Gasteiger partial charge on any atom is 0.336 e. The van der Waals surface area contributed by atoms with E-state index in [0.29, 0.717) is 17.8 Å². The molecule has 0 unspecified atom stereocenters. The summed E-state index contributed by atoms with van der Waals surface area (Å²) in [4.78, 5) is 22.2. The highest BCUT2D eigenvalue weighted by Gasteiger charge is 2.21. The molecule has 18 heavy (non-hydrogen) atoms. The van der Waals surface area contributed by atoms with Gasteiger partial charge in [0.05, 0.1) is 5.56 Å². The zero-order valence-electron chi connectivity index (χ0n) is 10.6. The van der Waals surface area contributed by atoms with Crippen LogP contribution in [0.4, 0.5) is 0 Å². The average Bonchev–Trinajstić information content (AvgIpc) is 2.39. The molecule has 1 aromatic carbocycles. The molecule has 2 rings (SSSR count). The van der Waals surface area contributed by atoms with Crippen LogP contribution in [0, 0.1) is 6.92 Å². The van der Waals surface area contributed by atoms with Gasteiger partial charge in [-0.3, -0.25) is 4.79 Å². The number of carbonyl (C=O) groups is 2. The summed E-state index contributed by atoms with van der Waals surface area (Å²) in [5.41, 5.74) is 2.45. The number of carboxylic acids is 1. The largest absolute Gasteiger partial charge is 0.478 e. The Hall–Kier alpha value is -1.64. The molecular weight excluding hydrogens is 228 g/mol. The summed E-state index contributed by atoms with van der Waals surface area (Å²) in [5.74, 6) is -0.546. The highest BCUT2D eigenvalue weighted by molar-refractivity contribution is 5.98. The third kappa shape index (κ3) is 2.30. The van der Waals surface area contributed by atoms with E-state index in [2.05, 4.69) is 0 Å². The summed E-state index contributed by atoms with van der Waals surface area (Å²) in [6, 6.07) is 3.46. The van der Waals surface area contributed by atoms with Crippen LogP contribution in [0.2, 0.25) is 0 Å². The van der Waals surface area contributed by atoms with E-state index >= 15 is 0 Å². The van der Waals surface area contributed by atoms with E-state index in [1.807, 2.05) is 13.0 Å². The Morgan fingerprint density at radius 1 is 1.28 bits per heavy atom. The molecule has 0 saturated heterocycles. The number of hydrogen-bond donors (Lipinski definition) is 1. The summed E-state index contributed by atoms with van der Waals surface area (Å²) >= 11 is 0. The summed E-state index contributed by atoms with van der Waals surface area (Å²) in [6.45, 7) is 1.86. The van der Waals surface area contributed by atoms with Gasteiger partial charge < -0.3 is 5.11 Å². The van der Waals surface area contributed by atoms with Crippen molar-refractivity contribution in [1.82, 2.24) is 0 Å². The number of carbonyl (C=O) groups excluding carboxylic acids is 1. The van der Waals surface area contributed by atoms with E-state index in [4.69, 9.17) is 5.11 Å². The predicted molar refractivity (Wildman–Crippen MR) is 69.4 cm³/mol. The number of aromatic carboxylic acids is 1. The fourth-order valence-corrected chi connectivity index (χ4v) is 2.94. The van der Waals surface area contributed by atoms with Gasteiger partial charge >= 0.3 is 5.97 Å². The Bertz CT molecular complexity index is 471. The third-order valence-corrected chi connectivity index (χ3v) is 3.95. The molecule has 1 aromatic rings. The maximum atomic E-state index is 11.1. The Morgan fingerprint density at radius 2 is 1.94 bits per heavy atom. The Labute approximate surface area is 107 Å². The Balaban J connectivity index is 2.43. The van der Waals surface area contributed by atoms with Gasteiger partial charge in [-0.1, -0.05) is 25.3 Å². The second kappa shape index (κ2) is 5.34. The van der Waals surface area contributed by atoms with E-state index < -0.39 is 5.97 Å². The fourth-order valence-electron chi connectivity index (χ4n) is 2.94. The average molecular weight is 246 g/mol. The summed E-state index contributed by atoms with van der Waals surface area (Å²) < 4.78 is 0. The maximum absolute atomic E-state index is 11.1. The molecule has 0 amide bonds. The molecule has 0 atom stereocenters. The molecule has 3 heteroatoms. The highest BCUT2D eigenvalue weighted by atomic mass is 16.4. The Kier molecular flexibility index (Phi) is 3.80. The monoisotopic (exact) mass is 246 g/mol. The lowest BCUT2D eigenvalue weighted by atomic mass is 9.80. The van der Waals surface area contributed by atoms with Gasteiger partial charge in [-0.15, -0.1) is 0 Å². The molecule has 0 radical (unpaired) electrons. The molecule has 1 N–H and O–H groups in total. The van der Waals surface area contributed by atoms with Crippen molar-refractivity contribution < 1.29 is 14.7 Å². The van der Waals surface area contributed by atoms with E-state index in [-0.39, 0.29) is 5.56 Å². The van der Waals surface area contributed by atoms with Crippen LogP contribution >= 0.6 is 0 Å². The molecule has 0 aliphatic heterocycles. The van der Waals surface area contributed by atoms with Crippen LogP contribution in [0.15, 0.2) is 12.1 Å². The van der Waals surface area contributed by atoms with Gasteiger partial charge in [-0.05, 0) is 42.9 Å². The number of aldehydes is 1. The lowest BCUT2D eigenvalue weighted by Crippen LogP contribution is -2.11. The first-order chi connectivity index (χ1) is 8.65. The van der Waals surface area contributed by atoms with E-state index in [1.54, 1.807) is 6.07 Å². The number of hydrogen-bond acceptors (Lipinski definition) is 2. The smallest absolute Gasteiger partial charge is 0.336 e. The fraction of sp³-hybridized carbons (Fsp3) is 0.467. The number of rotatable bonds is 3. The normalized spacial score (nSPS) is 16.5. The highest BCUT2D eigenvalue weighted by Crippen LogP contribution is 2.35. The lowest BCUT2D eigenvalue weighted by molar-refractivity contribution is 0.0694. The van der Waals surface area contributed by atoms with E-state index in [9.17, 15) is 9.59 Å². The molecule has 96 valence electrons. The minimum atomic E-state index is -1.03. The zero-order chi connectivity index (χ0) is 13.1. The van der Waals surface area contributed by atoms with Gasteiger partial charge in [0.1, 0.15) is 0 Å². The first-order valence-corrected chi connectivity index (χ1v) is 6.47. The molecule has 1 aliphatic rings. The SMILES string of the molecule is Cc1c(C2CCCCC2)ccc(C(=O)O)c1C=O. The summed E-state index contributed by atoms with van der Waals surface area (Å²) in [6.07, 6.45) is 6.69. The third-order valence-electron chi connectivity index (χ3n) is 3.95. The first-order valence-electron chi connectivity index (χ1n) is 6.47. The van der Waals surface area contributed by atoms with Crippen molar-refractivity contribution in [2.45, 2.75) is 44.9 Å². The van der Waals surface area contributed by atoms with Crippen LogP contribution < -0.4 is 0 Å². The van der Waals surface area contributed by atoms with Crippen molar-refractivity contribution in [2.75, 3.05) is 0 Å². The second-order valence-corrected chi connectivity index (χ2v) is 5.00. The van der Waals surface area contributed by atoms with Crippen molar-refractivity contribution >= 4 is 12.3 Å². The van der Waals surface area contributed by atoms with Crippen LogP contribution in [-0.2, 0) is 0 Å². The topological polar surface area (TPSA) is 54.4 Å². The van der Waals surface area contributed by atoms with Gasteiger partial charge in [0, 0.05) is 5.56 Å². The van der Waals surface area contributed by atoms with Gasteiger partial charge in [0.2, 0.25) is 0 Å².